The van der Waals surface area contributed by atoms with Crippen molar-refractivity contribution in [3.05, 3.63) is 6.61 Å². The molecule has 0 spiro atoms. The van der Waals surface area contributed by atoms with E-state index in [1.54, 1.807) is 0 Å². The molecule has 34 valence electrons. The van der Waals surface area contributed by atoms with Gasteiger partial charge in [-0.2, -0.15) is 6.61 Å². The Bertz CT molecular complexity index is 55.1. The molecule has 0 amide bonds. The van der Waals surface area contributed by atoms with Gasteiger partial charge in [-0.15, -0.1) is 0 Å². The molecule has 0 heterocycles. The van der Waals surface area contributed by atoms with Crippen molar-refractivity contribution >= 4 is 0 Å². The standard InChI is InChI=1S/C4H6NO/c1-6-4-2-3-5/h4H,2H2,1H3/q-1. The predicted octanol–water partition coefficient (Wildman–Crippen LogP) is 0.708. The minimum Gasteiger partial charge on any atom is -0.553 e. The maximum Gasteiger partial charge on any atom is 0.0314 e. The fourth-order valence-electron chi connectivity index (χ4n) is 0.121. The lowest BCUT2D eigenvalue weighted by Gasteiger charge is -1.99. The van der Waals surface area contributed by atoms with Crippen LogP contribution in [0, 0.1) is 17.9 Å². The van der Waals surface area contributed by atoms with Crippen molar-refractivity contribution in [2.75, 3.05) is 7.11 Å². The zero-order valence-electron chi connectivity index (χ0n) is 3.64. The molecule has 0 aromatic rings. The highest BCUT2D eigenvalue weighted by Gasteiger charge is 1.58. The van der Waals surface area contributed by atoms with Crippen molar-refractivity contribution < 1.29 is 4.74 Å². The maximum atomic E-state index is 7.84. The summed E-state index contributed by atoms with van der Waals surface area (Å²) in [4.78, 5) is 0. The Morgan fingerprint density at radius 2 is 2.67 bits per heavy atom. The van der Waals surface area contributed by atoms with E-state index in [1.807, 2.05) is 6.07 Å². The van der Waals surface area contributed by atoms with Crippen molar-refractivity contribution in [2.24, 2.45) is 0 Å². The van der Waals surface area contributed by atoms with Gasteiger partial charge in [-0.05, 0) is 7.11 Å². The SMILES string of the molecule is CO[CH-]CC#N. The number of nitriles is 1. The minimum absolute atomic E-state index is 0.372. The highest BCUT2D eigenvalue weighted by atomic mass is 16.5. The Balaban J connectivity index is 2.54. The van der Waals surface area contributed by atoms with Crippen molar-refractivity contribution in [1.29, 1.82) is 5.26 Å². The Labute approximate surface area is 37.3 Å². The maximum absolute atomic E-state index is 7.84. The van der Waals surface area contributed by atoms with E-state index in [1.165, 1.54) is 13.7 Å². The summed E-state index contributed by atoms with van der Waals surface area (Å²) in [6.45, 7) is 1.44. The molecule has 2 heteroatoms. The first-order valence-corrected chi connectivity index (χ1v) is 1.63. The molecule has 0 aliphatic rings. The molecule has 0 aromatic carbocycles. The van der Waals surface area contributed by atoms with Crippen molar-refractivity contribution in [1.82, 2.24) is 0 Å². The first-order valence-electron chi connectivity index (χ1n) is 1.63. The van der Waals surface area contributed by atoms with Crippen LogP contribution in [0.15, 0.2) is 0 Å². The van der Waals surface area contributed by atoms with Crippen LogP contribution in [0.3, 0.4) is 0 Å². The number of hydrogen-bond acceptors (Lipinski definition) is 2. The molecule has 0 N–H and O–H groups in total. The summed E-state index contributed by atoms with van der Waals surface area (Å²) in [5, 5.41) is 7.84. The lowest BCUT2D eigenvalue weighted by Crippen LogP contribution is -1.73. The van der Waals surface area contributed by atoms with E-state index in [9.17, 15) is 0 Å². The molecule has 0 aromatic heterocycles. The summed E-state index contributed by atoms with van der Waals surface area (Å²) in [6, 6.07) is 1.89. The van der Waals surface area contributed by atoms with Gasteiger partial charge >= 0.3 is 0 Å². The van der Waals surface area contributed by atoms with Gasteiger partial charge in [-0.25, -0.2) is 5.26 Å². The normalized spacial score (nSPS) is 7.33. The monoisotopic (exact) mass is 84.0 g/mol. The van der Waals surface area contributed by atoms with Crippen LogP contribution in [0.2, 0.25) is 0 Å². The van der Waals surface area contributed by atoms with Gasteiger partial charge in [0, 0.05) is 6.07 Å². The average Bonchev–Trinajstić information content (AvgIpc) is 1.61. The number of hydrogen-bond donors (Lipinski definition) is 0. The first-order chi connectivity index (χ1) is 2.91. The van der Waals surface area contributed by atoms with Crippen LogP contribution >= 0.6 is 0 Å². The van der Waals surface area contributed by atoms with Crippen LogP contribution in [-0.4, -0.2) is 7.11 Å². The number of ether oxygens (including phenoxy) is 1. The van der Waals surface area contributed by atoms with Crippen molar-refractivity contribution in [3.63, 3.8) is 0 Å². The van der Waals surface area contributed by atoms with Crippen molar-refractivity contribution in [2.45, 2.75) is 6.42 Å². The van der Waals surface area contributed by atoms with Gasteiger partial charge in [-0.3, -0.25) is 0 Å². The molecule has 0 rings (SSSR count). The summed E-state index contributed by atoms with van der Waals surface area (Å²) in [5.41, 5.74) is 0. The molecular formula is C4H6NO-. The second-order valence-electron chi connectivity index (χ2n) is 0.765. The van der Waals surface area contributed by atoms with Crippen molar-refractivity contribution in [3.8, 4) is 6.07 Å². The number of nitrogens with zero attached hydrogens (tertiary/aromatic N) is 1. The van der Waals surface area contributed by atoms with Crippen LogP contribution in [-0.2, 0) is 4.74 Å². The van der Waals surface area contributed by atoms with Gasteiger partial charge in [0.15, 0.2) is 0 Å². The van der Waals surface area contributed by atoms with E-state index < -0.39 is 0 Å². The average molecular weight is 84.1 g/mol. The second-order valence-corrected chi connectivity index (χ2v) is 0.765. The lowest BCUT2D eigenvalue weighted by molar-refractivity contribution is 0.274. The van der Waals surface area contributed by atoms with Crippen LogP contribution in [0.4, 0.5) is 0 Å². The van der Waals surface area contributed by atoms with Crippen LogP contribution in [0.1, 0.15) is 6.42 Å². The van der Waals surface area contributed by atoms with E-state index in [2.05, 4.69) is 4.74 Å². The van der Waals surface area contributed by atoms with Gasteiger partial charge in [0.1, 0.15) is 0 Å². The van der Waals surface area contributed by atoms with E-state index in [4.69, 9.17) is 5.26 Å². The summed E-state index contributed by atoms with van der Waals surface area (Å²) in [5.74, 6) is 0. The molecule has 0 aliphatic heterocycles. The molecule has 0 saturated heterocycles. The molecule has 0 atom stereocenters. The third-order valence-electron chi connectivity index (χ3n) is 0.341. The fourth-order valence-corrected chi connectivity index (χ4v) is 0.121. The van der Waals surface area contributed by atoms with Gasteiger partial charge in [-0.1, -0.05) is 6.42 Å². The number of methoxy groups -OCH3 is 1. The predicted molar refractivity (Wildman–Crippen MR) is 21.5 cm³/mol. The van der Waals surface area contributed by atoms with Gasteiger partial charge < -0.3 is 4.74 Å². The van der Waals surface area contributed by atoms with E-state index in [-0.39, 0.29) is 0 Å². The Morgan fingerprint density at radius 3 is 2.83 bits per heavy atom. The topological polar surface area (TPSA) is 33.0 Å². The lowest BCUT2D eigenvalue weighted by atomic mass is 10.5. The quantitative estimate of drug-likeness (QED) is 0.364. The van der Waals surface area contributed by atoms with Crippen LogP contribution < -0.4 is 0 Å². The molecule has 0 bridgehead atoms. The van der Waals surface area contributed by atoms with E-state index in [0.29, 0.717) is 6.42 Å². The zero-order valence-corrected chi connectivity index (χ0v) is 3.64. The highest BCUT2D eigenvalue weighted by molar-refractivity contribution is 4.73. The highest BCUT2D eigenvalue weighted by Crippen LogP contribution is 1.79. The van der Waals surface area contributed by atoms with Gasteiger partial charge in [0.25, 0.3) is 0 Å². The zero-order chi connectivity index (χ0) is 4.83. The molecule has 0 radical (unpaired) electrons. The van der Waals surface area contributed by atoms with E-state index >= 15 is 0 Å². The molecular weight excluding hydrogens is 78.0 g/mol. The minimum atomic E-state index is 0.372. The molecule has 6 heavy (non-hydrogen) atoms. The summed E-state index contributed by atoms with van der Waals surface area (Å²) in [6.07, 6.45) is 0.372. The second kappa shape index (κ2) is 4.45. The Kier molecular flexibility index (Phi) is 4.04. The van der Waals surface area contributed by atoms with Crippen LogP contribution in [0.5, 0.6) is 0 Å². The largest absolute Gasteiger partial charge is 0.553 e. The summed E-state index contributed by atoms with van der Waals surface area (Å²) in [7, 11) is 1.53. The molecule has 0 saturated carbocycles. The van der Waals surface area contributed by atoms with Gasteiger partial charge in [0.2, 0.25) is 0 Å². The smallest absolute Gasteiger partial charge is 0.0314 e. The molecule has 2 nitrogen and oxygen atoms in total. The third-order valence-corrected chi connectivity index (χ3v) is 0.341. The van der Waals surface area contributed by atoms with Crippen LogP contribution in [0.25, 0.3) is 0 Å². The van der Waals surface area contributed by atoms with E-state index in [0.717, 1.165) is 0 Å². The van der Waals surface area contributed by atoms with Gasteiger partial charge in [0.05, 0.1) is 0 Å². The Hall–Kier alpha value is -0.550. The third kappa shape index (κ3) is 3.45. The molecule has 0 unspecified atom stereocenters. The fraction of sp³-hybridized carbons (Fsp3) is 0.500. The first kappa shape index (κ1) is 5.45. The summed E-state index contributed by atoms with van der Waals surface area (Å²) >= 11 is 0. The summed E-state index contributed by atoms with van der Waals surface area (Å²) < 4.78 is 4.43. The molecule has 0 fully saturated rings. The number of rotatable bonds is 2. The Morgan fingerprint density at radius 1 is 2.00 bits per heavy atom. The molecule has 0 aliphatic carbocycles.